The maximum absolute atomic E-state index is 11.7. The van der Waals surface area contributed by atoms with Crippen molar-refractivity contribution in [3.63, 3.8) is 0 Å². The number of carbonyl (C=O) groups is 1. The van der Waals surface area contributed by atoms with Crippen LogP contribution in [0.5, 0.6) is 0 Å². The topological polar surface area (TPSA) is 92.5 Å². The highest BCUT2D eigenvalue weighted by atomic mass is 16.6. The lowest BCUT2D eigenvalue weighted by Crippen LogP contribution is -2.37. The van der Waals surface area contributed by atoms with Gasteiger partial charge in [-0.05, 0) is 25.0 Å². The van der Waals surface area contributed by atoms with Crippen LogP contribution >= 0.6 is 0 Å². The molecule has 2 N–H and O–H groups in total. The van der Waals surface area contributed by atoms with Crippen molar-refractivity contribution in [3.8, 4) is 0 Å². The van der Waals surface area contributed by atoms with Crippen molar-refractivity contribution in [1.82, 2.24) is 0 Å². The molecule has 0 unspecified atom stereocenters. The summed E-state index contributed by atoms with van der Waals surface area (Å²) in [5.74, 6) is -0.751. The van der Waals surface area contributed by atoms with Crippen molar-refractivity contribution in [3.05, 3.63) is 34.4 Å². The third-order valence-electron chi connectivity index (χ3n) is 4.22. The molecule has 0 heterocycles. The van der Waals surface area contributed by atoms with Gasteiger partial charge in [0.1, 0.15) is 0 Å². The standard InChI is InChI=1S/C15H20N2O4/c18-14(19)15(9-3-1-2-4-10-15)11-16-12-5-7-13(8-6-12)17(20)21/h5-8,16H,1-4,9-11H2,(H,18,19). The van der Waals surface area contributed by atoms with Crippen molar-refractivity contribution in [1.29, 1.82) is 0 Å². The highest BCUT2D eigenvalue weighted by molar-refractivity contribution is 5.75. The Balaban J connectivity index is 2.04. The molecule has 114 valence electrons. The summed E-state index contributed by atoms with van der Waals surface area (Å²) < 4.78 is 0. The number of anilines is 1. The van der Waals surface area contributed by atoms with E-state index in [4.69, 9.17) is 0 Å². The first-order chi connectivity index (χ1) is 10.0. The molecule has 21 heavy (non-hydrogen) atoms. The minimum atomic E-state index is -0.751. The van der Waals surface area contributed by atoms with Crippen LogP contribution in [0.3, 0.4) is 0 Å². The van der Waals surface area contributed by atoms with Crippen LogP contribution in [0.1, 0.15) is 38.5 Å². The Morgan fingerprint density at radius 2 is 1.76 bits per heavy atom. The lowest BCUT2D eigenvalue weighted by atomic mass is 9.80. The van der Waals surface area contributed by atoms with Gasteiger partial charge in [0.2, 0.25) is 0 Å². The van der Waals surface area contributed by atoms with Crippen molar-refractivity contribution >= 4 is 17.3 Å². The van der Waals surface area contributed by atoms with E-state index in [9.17, 15) is 20.0 Å². The third-order valence-corrected chi connectivity index (χ3v) is 4.22. The van der Waals surface area contributed by atoms with Crippen molar-refractivity contribution in [2.24, 2.45) is 5.41 Å². The SMILES string of the molecule is O=C(O)C1(CNc2ccc([N+](=O)[O-])cc2)CCCCCC1. The van der Waals surface area contributed by atoms with Gasteiger partial charge in [0.05, 0.1) is 10.3 Å². The average molecular weight is 292 g/mol. The highest BCUT2D eigenvalue weighted by Gasteiger charge is 2.38. The molecule has 0 aromatic heterocycles. The van der Waals surface area contributed by atoms with Crippen LogP contribution in [0.4, 0.5) is 11.4 Å². The Kier molecular flexibility index (Phi) is 4.77. The molecule has 0 radical (unpaired) electrons. The zero-order chi connectivity index (χ0) is 15.3. The van der Waals surface area contributed by atoms with Gasteiger partial charge in [0.25, 0.3) is 5.69 Å². The van der Waals surface area contributed by atoms with Gasteiger partial charge >= 0.3 is 5.97 Å². The monoisotopic (exact) mass is 292 g/mol. The van der Waals surface area contributed by atoms with Gasteiger partial charge in [-0.1, -0.05) is 25.7 Å². The molecule has 0 amide bonds. The van der Waals surface area contributed by atoms with Crippen LogP contribution in [0.15, 0.2) is 24.3 Å². The van der Waals surface area contributed by atoms with Gasteiger partial charge in [-0.15, -0.1) is 0 Å². The third kappa shape index (κ3) is 3.71. The summed E-state index contributed by atoms with van der Waals surface area (Å²) in [6.45, 7) is 0.361. The molecule has 6 nitrogen and oxygen atoms in total. The van der Waals surface area contributed by atoms with Crippen LogP contribution in [0.2, 0.25) is 0 Å². The second-order valence-electron chi connectivity index (χ2n) is 5.66. The summed E-state index contributed by atoms with van der Waals surface area (Å²) in [6.07, 6.45) is 5.42. The molecule has 6 heteroatoms. The molecule has 0 atom stereocenters. The molecule has 0 saturated heterocycles. The molecule has 1 fully saturated rings. The molecule has 1 aliphatic rings. The second-order valence-corrected chi connectivity index (χ2v) is 5.66. The van der Waals surface area contributed by atoms with Crippen LogP contribution in [-0.2, 0) is 4.79 Å². The van der Waals surface area contributed by atoms with Gasteiger partial charge in [-0.2, -0.15) is 0 Å². The first-order valence-electron chi connectivity index (χ1n) is 7.25. The molecule has 0 bridgehead atoms. The van der Waals surface area contributed by atoms with Crippen molar-refractivity contribution < 1.29 is 14.8 Å². The van der Waals surface area contributed by atoms with E-state index in [1.165, 1.54) is 12.1 Å². The maximum Gasteiger partial charge on any atom is 0.311 e. The molecule has 0 spiro atoms. The molecule has 1 saturated carbocycles. The first kappa shape index (κ1) is 15.3. The minimum Gasteiger partial charge on any atom is -0.481 e. The number of nitro benzene ring substituents is 1. The maximum atomic E-state index is 11.7. The molecule has 1 aromatic rings. The number of nitro groups is 1. The fraction of sp³-hybridized carbons (Fsp3) is 0.533. The van der Waals surface area contributed by atoms with Crippen LogP contribution in [0.25, 0.3) is 0 Å². The largest absolute Gasteiger partial charge is 0.481 e. The first-order valence-corrected chi connectivity index (χ1v) is 7.25. The van der Waals surface area contributed by atoms with E-state index in [0.717, 1.165) is 25.7 Å². The van der Waals surface area contributed by atoms with Gasteiger partial charge in [-0.3, -0.25) is 14.9 Å². The van der Waals surface area contributed by atoms with E-state index in [2.05, 4.69) is 5.32 Å². The van der Waals surface area contributed by atoms with Crippen LogP contribution < -0.4 is 5.32 Å². The Labute approximate surface area is 123 Å². The predicted molar refractivity (Wildman–Crippen MR) is 79.4 cm³/mol. The van der Waals surface area contributed by atoms with E-state index in [1.807, 2.05) is 0 Å². The smallest absolute Gasteiger partial charge is 0.311 e. The Bertz CT molecular complexity index is 505. The summed E-state index contributed by atoms with van der Waals surface area (Å²) in [7, 11) is 0. The Hall–Kier alpha value is -2.11. The summed E-state index contributed by atoms with van der Waals surface area (Å²) in [6, 6.07) is 6.07. The van der Waals surface area contributed by atoms with Gasteiger partial charge in [-0.25, -0.2) is 0 Å². The second kappa shape index (κ2) is 6.56. The normalized spacial score (nSPS) is 17.7. The number of carboxylic acid groups (broad SMARTS) is 1. The highest BCUT2D eigenvalue weighted by Crippen LogP contribution is 2.35. The predicted octanol–water partition coefficient (Wildman–Crippen LogP) is 3.43. The number of rotatable bonds is 5. The van der Waals surface area contributed by atoms with E-state index in [-0.39, 0.29) is 5.69 Å². The molecule has 1 aliphatic carbocycles. The minimum absolute atomic E-state index is 0.0305. The zero-order valence-corrected chi connectivity index (χ0v) is 11.9. The van der Waals surface area contributed by atoms with Gasteiger partial charge in [0, 0.05) is 24.4 Å². The van der Waals surface area contributed by atoms with Crippen LogP contribution in [0, 0.1) is 15.5 Å². The molecule has 1 aromatic carbocycles. The lowest BCUT2D eigenvalue weighted by Gasteiger charge is -2.28. The quantitative estimate of drug-likeness (QED) is 0.492. The Morgan fingerprint density at radius 1 is 1.19 bits per heavy atom. The zero-order valence-electron chi connectivity index (χ0n) is 11.9. The molecular weight excluding hydrogens is 272 g/mol. The van der Waals surface area contributed by atoms with Crippen LogP contribution in [-0.4, -0.2) is 22.5 Å². The Morgan fingerprint density at radius 3 is 2.24 bits per heavy atom. The van der Waals surface area contributed by atoms with E-state index in [0.29, 0.717) is 25.1 Å². The number of non-ortho nitro benzene ring substituents is 1. The fourth-order valence-electron chi connectivity index (χ4n) is 2.84. The summed E-state index contributed by atoms with van der Waals surface area (Å²) in [4.78, 5) is 21.8. The number of nitrogens with one attached hydrogen (secondary N) is 1. The summed E-state index contributed by atoms with van der Waals surface area (Å²) in [5, 5.41) is 23.3. The van der Waals surface area contributed by atoms with Crippen molar-refractivity contribution in [2.75, 3.05) is 11.9 Å². The van der Waals surface area contributed by atoms with E-state index in [1.54, 1.807) is 12.1 Å². The van der Waals surface area contributed by atoms with E-state index >= 15 is 0 Å². The molecule has 0 aliphatic heterocycles. The van der Waals surface area contributed by atoms with Gasteiger partial charge in [0.15, 0.2) is 0 Å². The van der Waals surface area contributed by atoms with E-state index < -0.39 is 16.3 Å². The fourth-order valence-corrected chi connectivity index (χ4v) is 2.84. The number of hydrogen-bond donors (Lipinski definition) is 2. The molecular formula is C15H20N2O4. The number of carboxylic acids is 1. The number of hydrogen-bond acceptors (Lipinski definition) is 4. The lowest BCUT2D eigenvalue weighted by molar-refractivity contribution is -0.384. The summed E-state index contributed by atoms with van der Waals surface area (Å²) in [5.41, 5.74) is 0.0200. The number of nitrogens with zero attached hydrogens (tertiary/aromatic N) is 1. The summed E-state index contributed by atoms with van der Waals surface area (Å²) >= 11 is 0. The molecule has 2 rings (SSSR count). The number of aliphatic carboxylic acids is 1. The number of benzene rings is 1. The van der Waals surface area contributed by atoms with Gasteiger partial charge < -0.3 is 10.4 Å². The average Bonchev–Trinajstić information content (AvgIpc) is 2.72. The van der Waals surface area contributed by atoms with Crippen molar-refractivity contribution in [2.45, 2.75) is 38.5 Å².